The fourth-order valence-corrected chi connectivity index (χ4v) is 9.89. The van der Waals surface area contributed by atoms with Crippen molar-refractivity contribution in [2.75, 3.05) is 45.7 Å². The van der Waals surface area contributed by atoms with Crippen LogP contribution in [0.3, 0.4) is 0 Å². The largest absolute Gasteiger partial charge is 0.507 e. The summed E-state index contributed by atoms with van der Waals surface area (Å²) in [6.07, 6.45) is 5.44. The molecular weight excluding hydrogens is 891 g/mol. The van der Waals surface area contributed by atoms with Crippen molar-refractivity contribution >= 4 is 56.3 Å². The van der Waals surface area contributed by atoms with Gasteiger partial charge in [-0.05, 0) is 26.8 Å². The van der Waals surface area contributed by atoms with Gasteiger partial charge in [-0.2, -0.15) is 0 Å². The molecule has 69 heavy (non-hydrogen) atoms. The maximum Gasteiger partial charge on any atom is 0.307 e. The Hall–Kier alpha value is -6.01. The van der Waals surface area contributed by atoms with E-state index in [4.69, 9.17) is 33.1 Å². The first-order valence-electron chi connectivity index (χ1n) is 23.6. The number of aliphatic hydroxyl groups excluding tert-OH is 3. The number of hydrogen-bond donors (Lipinski definition) is 5. The summed E-state index contributed by atoms with van der Waals surface area (Å²) in [4.78, 5) is 60.0. The number of carbonyl (C=O) groups excluding carboxylic acids is 2. The molecule has 1 aromatic heterocycles. The van der Waals surface area contributed by atoms with E-state index in [1.54, 1.807) is 39.8 Å². The van der Waals surface area contributed by atoms with Gasteiger partial charge in [-0.3, -0.25) is 19.2 Å². The van der Waals surface area contributed by atoms with Crippen LogP contribution in [0.4, 0.5) is 5.69 Å². The SMILES string of the molecule is CC[N+]1(C)CCC(COc2cc(=O)c3nc4c(oc3c2)c2c(=O)c3c(O)c(C)c5c(c34)=C(O)[C@@](C)(O/C=C/[C@H](OC)[C@@H](C)[C@@H](OC(C)=O)[C@H](C)[C@H](O)[C@H](C)[C@@H](O)[C@@H](C)/C=C/C=C(/C)C(=O)N2)O5)CC1. The second-order valence-corrected chi connectivity index (χ2v) is 19.7. The zero-order chi connectivity index (χ0) is 50.4. The van der Waals surface area contributed by atoms with Crippen LogP contribution in [0.5, 0.6) is 17.2 Å². The Morgan fingerprint density at radius 1 is 0.971 bits per heavy atom. The van der Waals surface area contributed by atoms with Gasteiger partial charge in [0.25, 0.3) is 5.91 Å². The molecule has 0 unspecified atom stereocenters. The zero-order valence-corrected chi connectivity index (χ0v) is 41.2. The highest BCUT2D eigenvalue weighted by atomic mass is 16.7. The van der Waals surface area contributed by atoms with E-state index in [1.807, 2.05) is 0 Å². The van der Waals surface area contributed by atoms with Gasteiger partial charge in [0, 0.05) is 92.0 Å². The molecule has 9 atom stereocenters. The third-order valence-corrected chi connectivity index (χ3v) is 14.8. The number of nitrogens with one attached hydrogen (secondary N) is 1. The molecule has 1 fully saturated rings. The lowest BCUT2D eigenvalue weighted by Gasteiger charge is -2.39. The molecule has 1 saturated heterocycles. The van der Waals surface area contributed by atoms with E-state index in [0.717, 1.165) is 37.0 Å². The average Bonchev–Trinajstić information content (AvgIpc) is 3.58. The Labute approximate surface area is 400 Å². The first kappa shape index (κ1) is 50.9. The van der Waals surface area contributed by atoms with Crippen molar-refractivity contribution in [3.63, 3.8) is 0 Å². The lowest BCUT2D eigenvalue weighted by molar-refractivity contribution is -0.913. The summed E-state index contributed by atoms with van der Waals surface area (Å²) in [6.45, 7) is 18.2. The molecule has 7 rings (SSSR count). The van der Waals surface area contributed by atoms with Crippen molar-refractivity contribution in [1.82, 2.24) is 4.98 Å². The molecule has 0 radical (unpaired) electrons. The number of quaternary nitrogens is 1. The van der Waals surface area contributed by atoms with E-state index >= 15 is 0 Å². The number of carbonyl (C=O) groups is 2. The summed E-state index contributed by atoms with van der Waals surface area (Å²) in [7, 11) is 3.69. The van der Waals surface area contributed by atoms with E-state index < -0.39 is 93.8 Å². The number of hydrogen-bond acceptors (Lipinski definition) is 15. The fraction of sp³-hybridized carbons (Fsp3) is 0.519. The molecule has 4 heterocycles. The number of ether oxygens (including phenoxy) is 5. The number of nitrogens with zero attached hydrogens (tertiary/aromatic N) is 2. The summed E-state index contributed by atoms with van der Waals surface area (Å²) in [5.41, 5.74) is -2.29. The smallest absolute Gasteiger partial charge is 0.307 e. The molecule has 4 aromatic rings. The quantitative estimate of drug-likeness (QED) is 0.0664. The van der Waals surface area contributed by atoms with Crippen LogP contribution < -0.4 is 30.9 Å². The zero-order valence-electron chi connectivity index (χ0n) is 41.2. The number of phenols is 1. The standard InChI is InChI=1S/C52H65N3O14/c1-12-55(10)19-16-32(17-20-55)24-65-33-22-34(57)40-36(23-33)68-49-41(53-40)37-38-45(60)30(7)48-39(37)50(62)52(9,69-48)66-21-18-35(64-11)27(4)47(67-31(8)56)29(6)44(59)28(5)43(58)25(2)14-13-15-26(3)51(63)54-42(49)46(38)61/h13-15,18,21-23,25,27-29,32,35,43-44,47,58-59H,12,16-17,19-20,24H2,1-11H3,(H2-,53,54,57,60,61,62,63)/p+1/b14-13+,21-18+,26-15-/t25-,27+,28+,29+,32?,35-,43-,44+,47+,52-,55?/m0/s1. The van der Waals surface area contributed by atoms with Crippen molar-refractivity contribution in [2.24, 2.45) is 29.6 Å². The number of likely N-dealkylation sites (tertiary alicyclic amines) is 1. The number of benzene rings is 3. The van der Waals surface area contributed by atoms with Gasteiger partial charge in [0.1, 0.15) is 34.6 Å². The third kappa shape index (κ3) is 9.66. The van der Waals surface area contributed by atoms with Gasteiger partial charge in [0.05, 0.1) is 68.5 Å². The van der Waals surface area contributed by atoms with Gasteiger partial charge in [-0.15, -0.1) is 0 Å². The van der Waals surface area contributed by atoms with Crippen LogP contribution in [-0.2, 0) is 23.8 Å². The summed E-state index contributed by atoms with van der Waals surface area (Å²) < 4.78 is 37.6. The molecule has 17 heteroatoms. The number of phenolic OH excluding ortho intramolecular Hbond substituents is 1. The Balaban J connectivity index is 1.43. The molecular formula is C52H66N3O14+. The molecule has 5 bridgehead atoms. The monoisotopic (exact) mass is 956 g/mol. The summed E-state index contributed by atoms with van der Waals surface area (Å²) in [6, 6.07) is 2.82. The Kier molecular flexibility index (Phi) is 14.6. The molecule has 3 aliphatic rings. The molecule has 3 aliphatic heterocycles. The topological polar surface area (TPSA) is 233 Å². The summed E-state index contributed by atoms with van der Waals surface area (Å²) >= 11 is 0. The number of esters is 1. The Morgan fingerprint density at radius 2 is 1.67 bits per heavy atom. The third-order valence-electron chi connectivity index (χ3n) is 14.8. The van der Waals surface area contributed by atoms with Gasteiger partial charge in [-0.1, -0.05) is 45.9 Å². The number of allylic oxidation sites excluding steroid dienone is 2. The van der Waals surface area contributed by atoms with Crippen LogP contribution >= 0.6 is 0 Å². The number of aromatic nitrogens is 1. The van der Waals surface area contributed by atoms with E-state index in [0.29, 0.717) is 6.61 Å². The van der Waals surface area contributed by atoms with E-state index in [9.17, 15) is 39.6 Å². The van der Waals surface area contributed by atoms with Crippen LogP contribution in [0.1, 0.15) is 73.8 Å². The molecule has 0 aliphatic carbocycles. The molecule has 5 N–H and O–H groups in total. The number of piperidine rings is 1. The van der Waals surface area contributed by atoms with Crippen LogP contribution in [0.15, 0.2) is 62.3 Å². The number of methoxy groups -OCH3 is 1. The first-order chi connectivity index (χ1) is 32.5. The van der Waals surface area contributed by atoms with E-state index in [1.165, 1.54) is 65.4 Å². The van der Waals surface area contributed by atoms with Gasteiger partial charge in [-0.25, -0.2) is 4.98 Å². The minimum absolute atomic E-state index is 0.0450. The number of amides is 1. The summed E-state index contributed by atoms with van der Waals surface area (Å²) in [5.74, 6) is -6.49. The number of rotatable bonds is 6. The van der Waals surface area contributed by atoms with Crippen LogP contribution in [0, 0.1) is 36.5 Å². The molecule has 0 saturated carbocycles. The number of aliphatic hydroxyl groups is 3. The van der Waals surface area contributed by atoms with Crippen molar-refractivity contribution in [3.05, 3.63) is 79.5 Å². The fourth-order valence-electron chi connectivity index (χ4n) is 9.89. The normalized spacial score (nSPS) is 32.0. The Morgan fingerprint density at radius 3 is 2.32 bits per heavy atom. The average molecular weight is 957 g/mol. The lowest BCUT2D eigenvalue weighted by Crippen LogP contribution is -2.50. The highest BCUT2D eigenvalue weighted by molar-refractivity contribution is 6.16. The lowest BCUT2D eigenvalue weighted by atomic mass is 9.78. The van der Waals surface area contributed by atoms with Gasteiger partial charge in [0.2, 0.25) is 10.9 Å². The van der Waals surface area contributed by atoms with Gasteiger partial charge < -0.3 is 58.3 Å². The number of fused-ring (bicyclic) bond motifs is 5. The highest BCUT2D eigenvalue weighted by Crippen LogP contribution is 2.42. The molecule has 372 valence electrons. The Bertz CT molecular complexity index is 2940. The van der Waals surface area contributed by atoms with Crippen LogP contribution in [-0.4, -0.2) is 112 Å². The molecule has 3 aromatic carbocycles. The van der Waals surface area contributed by atoms with Crippen molar-refractivity contribution in [1.29, 1.82) is 0 Å². The van der Waals surface area contributed by atoms with E-state index in [-0.39, 0.29) is 66.7 Å². The van der Waals surface area contributed by atoms with Crippen LogP contribution in [0.25, 0.3) is 38.7 Å². The maximum absolute atomic E-state index is 14.9. The van der Waals surface area contributed by atoms with E-state index in [2.05, 4.69) is 19.3 Å². The molecule has 17 nitrogen and oxygen atoms in total. The molecule has 0 spiro atoms. The maximum atomic E-state index is 14.9. The van der Waals surface area contributed by atoms with Gasteiger partial charge in [0.15, 0.2) is 22.4 Å². The van der Waals surface area contributed by atoms with Crippen molar-refractivity contribution in [3.8, 4) is 17.2 Å². The van der Waals surface area contributed by atoms with Crippen molar-refractivity contribution < 1.29 is 62.6 Å². The van der Waals surface area contributed by atoms with Gasteiger partial charge >= 0.3 is 11.8 Å². The first-order valence-corrected chi connectivity index (χ1v) is 23.6. The minimum Gasteiger partial charge on any atom is -0.507 e. The second-order valence-electron chi connectivity index (χ2n) is 19.7. The predicted molar refractivity (Wildman–Crippen MR) is 260 cm³/mol. The molecule has 1 amide bonds. The van der Waals surface area contributed by atoms with Crippen molar-refractivity contribution in [2.45, 2.75) is 105 Å². The minimum atomic E-state index is -1.99. The highest BCUT2D eigenvalue weighted by Gasteiger charge is 2.44. The predicted octanol–water partition coefficient (Wildman–Crippen LogP) is 5.82. The van der Waals surface area contributed by atoms with Crippen LogP contribution in [0.2, 0.25) is 0 Å². The summed E-state index contributed by atoms with van der Waals surface area (Å²) in [5, 5.41) is 49.2. The number of anilines is 1. The number of aromatic hydroxyl groups is 1. The second kappa shape index (κ2) is 19.8.